The molecule has 0 bridgehead atoms. The van der Waals surface area contributed by atoms with Crippen LogP contribution in [0.25, 0.3) is 0 Å². The molecule has 0 aliphatic heterocycles. The van der Waals surface area contributed by atoms with Crippen LogP contribution in [0.3, 0.4) is 0 Å². The van der Waals surface area contributed by atoms with Crippen LogP contribution < -0.4 is 4.74 Å². The molecule has 0 aliphatic carbocycles. The van der Waals surface area contributed by atoms with Crippen molar-refractivity contribution in [2.45, 2.75) is 13.5 Å². The van der Waals surface area contributed by atoms with Gasteiger partial charge in [-0.15, -0.1) is 0 Å². The van der Waals surface area contributed by atoms with E-state index in [4.69, 9.17) is 0 Å². The predicted molar refractivity (Wildman–Crippen MR) is 55.8 cm³/mol. The molecule has 0 fully saturated rings. The van der Waals surface area contributed by atoms with E-state index in [9.17, 15) is 18.0 Å². The molecular formula is C9H6F3IO2. The van der Waals surface area contributed by atoms with Crippen LogP contribution in [0, 0.1) is 9.39 Å². The van der Waals surface area contributed by atoms with Crippen molar-refractivity contribution in [2.75, 3.05) is 0 Å². The van der Waals surface area contributed by atoms with Crippen LogP contribution in [0.1, 0.15) is 17.3 Å². The standard InChI is InChI=1S/C9H6F3IO2/c1-4(14)5-2-6(13)8(10)7(3-5)15-9(11)12/h2-3,9H,1H3. The largest absolute Gasteiger partial charge is 0.432 e. The fourth-order valence-corrected chi connectivity index (χ4v) is 1.55. The highest BCUT2D eigenvalue weighted by molar-refractivity contribution is 14.1. The number of halogens is 4. The smallest absolute Gasteiger partial charge is 0.387 e. The second kappa shape index (κ2) is 4.82. The highest BCUT2D eigenvalue weighted by atomic mass is 127. The monoisotopic (exact) mass is 330 g/mol. The van der Waals surface area contributed by atoms with Crippen LogP contribution in [0.4, 0.5) is 13.2 Å². The zero-order valence-corrected chi connectivity index (χ0v) is 9.72. The molecule has 0 atom stereocenters. The molecule has 15 heavy (non-hydrogen) atoms. The Bertz CT molecular complexity index is 393. The van der Waals surface area contributed by atoms with Crippen LogP contribution in [0.15, 0.2) is 12.1 Å². The summed E-state index contributed by atoms with van der Waals surface area (Å²) in [5.74, 6) is -1.84. The van der Waals surface area contributed by atoms with E-state index < -0.39 is 18.2 Å². The minimum atomic E-state index is -3.11. The highest BCUT2D eigenvalue weighted by Gasteiger charge is 2.15. The molecule has 6 heteroatoms. The molecule has 0 N–H and O–H groups in total. The number of ether oxygens (including phenoxy) is 1. The third-order valence-electron chi connectivity index (χ3n) is 1.62. The molecule has 0 saturated carbocycles. The number of rotatable bonds is 3. The van der Waals surface area contributed by atoms with Gasteiger partial charge in [0.2, 0.25) is 0 Å². The van der Waals surface area contributed by atoms with Crippen LogP contribution in [0.5, 0.6) is 5.75 Å². The zero-order chi connectivity index (χ0) is 11.6. The van der Waals surface area contributed by atoms with Gasteiger partial charge in [0.05, 0.1) is 3.57 Å². The van der Waals surface area contributed by atoms with Gasteiger partial charge in [0.25, 0.3) is 0 Å². The molecule has 1 aromatic rings. The van der Waals surface area contributed by atoms with Crippen molar-refractivity contribution >= 4 is 28.4 Å². The van der Waals surface area contributed by atoms with Crippen molar-refractivity contribution in [3.8, 4) is 5.75 Å². The molecule has 82 valence electrons. The van der Waals surface area contributed by atoms with Crippen molar-refractivity contribution in [3.05, 3.63) is 27.1 Å². The van der Waals surface area contributed by atoms with E-state index in [-0.39, 0.29) is 14.9 Å². The number of ketones is 1. The molecule has 0 unspecified atom stereocenters. The molecule has 0 saturated heterocycles. The lowest BCUT2D eigenvalue weighted by molar-refractivity contribution is -0.0523. The lowest BCUT2D eigenvalue weighted by Crippen LogP contribution is -2.06. The maximum absolute atomic E-state index is 13.2. The average Bonchev–Trinajstić information content (AvgIpc) is 2.11. The predicted octanol–water partition coefficient (Wildman–Crippen LogP) is 3.23. The minimum absolute atomic E-state index is 0.0657. The van der Waals surface area contributed by atoms with Gasteiger partial charge in [-0.1, -0.05) is 0 Å². The Kier molecular flexibility index (Phi) is 3.95. The van der Waals surface area contributed by atoms with Gasteiger partial charge in [-0.05, 0) is 41.6 Å². The maximum atomic E-state index is 13.2. The number of hydrogen-bond donors (Lipinski definition) is 0. The maximum Gasteiger partial charge on any atom is 0.387 e. The van der Waals surface area contributed by atoms with Gasteiger partial charge < -0.3 is 4.74 Å². The molecule has 1 rings (SSSR count). The summed E-state index contributed by atoms with van der Waals surface area (Å²) < 4.78 is 41.0. The molecule has 0 spiro atoms. The first-order chi connectivity index (χ1) is 6.91. The number of carbonyl (C=O) groups is 1. The fourth-order valence-electron chi connectivity index (χ4n) is 0.949. The fraction of sp³-hybridized carbons (Fsp3) is 0.222. The topological polar surface area (TPSA) is 26.3 Å². The van der Waals surface area contributed by atoms with E-state index in [2.05, 4.69) is 4.74 Å². The van der Waals surface area contributed by atoms with Gasteiger partial charge in [0, 0.05) is 5.56 Å². The minimum Gasteiger partial charge on any atom is -0.432 e. The van der Waals surface area contributed by atoms with E-state index in [1.54, 1.807) is 22.6 Å². The van der Waals surface area contributed by atoms with Gasteiger partial charge in [-0.3, -0.25) is 4.79 Å². The summed E-state index contributed by atoms with van der Waals surface area (Å²) in [5.41, 5.74) is 0.136. The van der Waals surface area contributed by atoms with Gasteiger partial charge in [-0.25, -0.2) is 4.39 Å². The average molecular weight is 330 g/mol. The summed E-state index contributed by atoms with van der Waals surface area (Å²) in [6.07, 6.45) is 0. The Balaban J connectivity index is 3.19. The quantitative estimate of drug-likeness (QED) is 0.628. The summed E-state index contributed by atoms with van der Waals surface area (Å²) in [6, 6.07) is 2.24. The summed E-state index contributed by atoms with van der Waals surface area (Å²) in [5, 5.41) is 0. The molecule has 0 heterocycles. The lowest BCUT2D eigenvalue weighted by Gasteiger charge is -2.08. The Labute approximate surface area is 97.6 Å². The SMILES string of the molecule is CC(=O)c1cc(I)c(F)c(OC(F)F)c1. The third kappa shape index (κ3) is 3.08. The van der Waals surface area contributed by atoms with Gasteiger partial charge in [0.1, 0.15) is 0 Å². The van der Waals surface area contributed by atoms with Crippen LogP contribution in [-0.4, -0.2) is 12.4 Å². The van der Waals surface area contributed by atoms with Gasteiger partial charge in [-0.2, -0.15) is 8.78 Å². The molecule has 0 aromatic heterocycles. The number of hydrogen-bond acceptors (Lipinski definition) is 2. The van der Waals surface area contributed by atoms with Crippen LogP contribution in [0.2, 0.25) is 0 Å². The molecule has 1 aromatic carbocycles. The van der Waals surface area contributed by atoms with Crippen LogP contribution in [-0.2, 0) is 0 Å². The Morgan fingerprint density at radius 1 is 1.47 bits per heavy atom. The van der Waals surface area contributed by atoms with Crippen molar-refractivity contribution < 1.29 is 22.7 Å². The number of alkyl halides is 2. The summed E-state index contributed by atoms with van der Waals surface area (Å²) in [4.78, 5) is 11.0. The molecule has 0 radical (unpaired) electrons. The van der Waals surface area contributed by atoms with Gasteiger partial charge in [0.15, 0.2) is 17.3 Å². The molecule has 0 aliphatic rings. The Morgan fingerprint density at radius 2 is 2.07 bits per heavy atom. The normalized spacial score (nSPS) is 10.5. The highest BCUT2D eigenvalue weighted by Crippen LogP contribution is 2.26. The van der Waals surface area contributed by atoms with Crippen molar-refractivity contribution in [1.82, 2.24) is 0 Å². The molecular weight excluding hydrogens is 324 g/mol. The van der Waals surface area contributed by atoms with E-state index >= 15 is 0 Å². The molecule has 0 amide bonds. The van der Waals surface area contributed by atoms with E-state index in [0.29, 0.717) is 0 Å². The van der Waals surface area contributed by atoms with E-state index in [0.717, 1.165) is 6.07 Å². The lowest BCUT2D eigenvalue weighted by atomic mass is 10.1. The second-order valence-corrected chi connectivity index (χ2v) is 3.87. The summed E-state index contributed by atoms with van der Waals surface area (Å²) in [7, 11) is 0. The Morgan fingerprint density at radius 3 is 2.53 bits per heavy atom. The first-order valence-corrected chi connectivity index (χ1v) is 4.94. The third-order valence-corrected chi connectivity index (χ3v) is 2.40. The van der Waals surface area contributed by atoms with Crippen molar-refractivity contribution in [1.29, 1.82) is 0 Å². The van der Waals surface area contributed by atoms with Crippen LogP contribution >= 0.6 is 22.6 Å². The Hall–Kier alpha value is -0.790. The number of Topliss-reactive ketones (excluding diaryl/α,β-unsaturated/α-hetero) is 1. The van der Waals surface area contributed by atoms with E-state index in [1.165, 1.54) is 13.0 Å². The number of benzene rings is 1. The summed E-state index contributed by atoms with van der Waals surface area (Å²) >= 11 is 1.60. The number of carbonyl (C=O) groups excluding carboxylic acids is 1. The van der Waals surface area contributed by atoms with Gasteiger partial charge >= 0.3 is 6.61 Å². The van der Waals surface area contributed by atoms with E-state index in [1.807, 2.05) is 0 Å². The van der Waals surface area contributed by atoms with Crippen molar-refractivity contribution in [2.24, 2.45) is 0 Å². The summed E-state index contributed by atoms with van der Waals surface area (Å²) in [6.45, 7) is -1.85. The first kappa shape index (κ1) is 12.3. The molecule has 2 nitrogen and oxygen atoms in total. The van der Waals surface area contributed by atoms with Crippen molar-refractivity contribution in [3.63, 3.8) is 0 Å². The zero-order valence-electron chi connectivity index (χ0n) is 7.56. The second-order valence-electron chi connectivity index (χ2n) is 2.70. The first-order valence-electron chi connectivity index (χ1n) is 3.86.